The molecule has 2 rings (SSSR count). The number of hydrogen-bond acceptors (Lipinski definition) is 3. The van der Waals surface area contributed by atoms with Gasteiger partial charge in [-0.15, -0.1) is 0 Å². The molecule has 5 nitrogen and oxygen atoms in total. The van der Waals surface area contributed by atoms with Gasteiger partial charge in [-0.3, -0.25) is 4.79 Å². The minimum atomic E-state index is -1.18. The van der Waals surface area contributed by atoms with Crippen molar-refractivity contribution >= 4 is 17.6 Å². The van der Waals surface area contributed by atoms with Gasteiger partial charge in [-0.2, -0.15) is 0 Å². The summed E-state index contributed by atoms with van der Waals surface area (Å²) in [5.41, 5.74) is 4.73. The summed E-state index contributed by atoms with van der Waals surface area (Å²) in [6.45, 7) is 0. The Hall–Kier alpha value is -1.95. The van der Waals surface area contributed by atoms with Crippen molar-refractivity contribution in [2.75, 3.05) is 5.32 Å². The summed E-state index contributed by atoms with van der Waals surface area (Å²) in [5.74, 6) is -2.33. The standard InChI is InChI=1S/C13H15FN2O3/c14-9-4-3-8(11(17)18)7-10(9)16-12(19)13(15)5-1-2-6-13/h3-4,7H,1-2,5-6,15H2,(H,16,19)(H,17,18). The zero-order valence-electron chi connectivity index (χ0n) is 10.3. The van der Waals surface area contributed by atoms with E-state index in [0.717, 1.165) is 31.0 Å². The molecule has 102 valence electrons. The van der Waals surface area contributed by atoms with Gasteiger partial charge in [0.05, 0.1) is 16.8 Å². The smallest absolute Gasteiger partial charge is 0.335 e. The quantitative estimate of drug-likeness (QED) is 0.776. The summed E-state index contributed by atoms with van der Waals surface area (Å²) in [6, 6.07) is 3.24. The Morgan fingerprint density at radius 2 is 1.95 bits per heavy atom. The minimum absolute atomic E-state index is 0.0887. The highest BCUT2D eigenvalue weighted by atomic mass is 19.1. The molecule has 0 heterocycles. The van der Waals surface area contributed by atoms with Crippen LogP contribution in [0.4, 0.5) is 10.1 Å². The van der Waals surface area contributed by atoms with Gasteiger partial charge >= 0.3 is 5.97 Å². The Labute approximate surface area is 109 Å². The summed E-state index contributed by atoms with van der Waals surface area (Å²) in [6.07, 6.45) is 2.83. The van der Waals surface area contributed by atoms with Crippen LogP contribution in [0.15, 0.2) is 18.2 Å². The number of carbonyl (C=O) groups excluding carboxylic acids is 1. The first kappa shape index (κ1) is 13.5. The molecular formula is C13H15FN2O3. The number of benzene rings is 1. The average molecular weight is 266 g/mol. The first-order valence-electron chi connectivity index (χ1n) is 6.05. The third kappa shape index (κ3) is 2.73. The molecule has 1 amide bonds. The van der Waals surface area contributed by atoms with Crippen LogP contribution in [0, 0.1) is 5.82 Å². The van der Waals surface area contributed by atoms with E-state index >= 15 is 0 Å². The van der Waals surface area contributed by atoms with Gasteiger partial charge in [-0.25, -0.2) is 9.18 Å². The van der Waals surface area contributed by atoms with E-state index in [-0.39, 0.29) is 11.3 Å². The van der Waals surface area contributed by atoms with E-state index in [1.165, 1.54) is 0 Å². The first-order chi connectivity index (χ1) is 8.92. The Balaban J connectivity index is 2.20. The van der Waals surface area contributed by atoms with Gasteiger partial charge in [0.25, 0.3) is 0 Å². The fraction of sp³-hybridized carbons (Fsp3) is 0.385. The molecule has 1 aliphatic rings. The van der Waals surface area contributed by atoms with Crippen molar-refractivity contribution in [2.45, 2.75) is 31.2 Å². The van der Waals surface area contributed by atoms with Crippen LogP contribution in [0.1, 0.15) is 36.0 Å². The van der Waals surface area contributed by atoms with Crippen LogP contribution in [0.5, 0.6) is 0 Å². The van der Waals surface area contributed by atoms with Crippen molar-refractivity contribution in [1.29, 1.82) is 0 Å². The van der Waals surface area contributed by atoms with Gasteiger partial charge < -0.3 is 16.2 Å². The topological polar surface area (TPSA) is 92.4 Å². The number of halogens is 1. The second-order valence-electron chi connectivity index (χ2n) is 4.82. The molecule has 0 saturated heterocycles. The van der Waals surface area contributed by atoms with Crippen LogP contribution in [-0.4, -0.2) is 22.5 Å². The largest absolute Gasteiger partial charge is 0.478 e. The number of rotatable bonds is 3. The summed E-state index contributed by atoms with van der Waals surface area (Å²) in [4.78, 5) is 22.8. The van der Waals surface area contributed by atoms with E-state index in [1.807, 2.05) is 0 Å². The molecule has 0 atom stereocenters. The van der Waals surface area contributed by atoms with Crippen LogP contribution in [-0.2, 0) is 4.79 Å². The van der Waals surface area contributed by atoms with Crippen LogP contribution >= 0.6 is 0 Å². The van der Waals surface area contributed by atoms with E-state index in [1.54, 1.807) is 0 Å². The molecule has 1 aliphatic carbocycles. The third-order valence-corrected chi connectivity index (χ3v) is 3.41. The molecule has 0 radical (unpaired) electrons. The van der Waals surface area contributed by atoms with E-state index in [0.29, 0.717) is 12.8 Å². The molecule has 0 unspecified atom stereocenters. The second kappa shape index (κ2) is 4.97. The highest BCUT2D eigenvalue weighted by Crippen LogP contribution is 2.29. The number of nitrogens with two attached hydrogens (primary N) is 1. The number of carboxylic acids is 1. The van der Waals surface area contributed by atoms with Crippen LogP contribution in [0.2, 0.25) is 0 Å². The van der Waals surface area contributed by atoms with Gasteiger partial charge in [0.15, 0.2) is 0 Å². The van der Waals surface area contributed by atoms with E-state index < -0.39 is 23.2 Å². The van der Waals surface area contributed by atoms with E-state index in [4.69, 9.17) is 10.8 Å². The number of anilines is 1. The number of amides is 1. The van der Waals surface area contributed by atoms with Crippen molar-refractivity contribution < 1.29 is 19.1 Å². The zero-order valence-corrected chi connectivity index (χ0v) is 10.3. The van der Waals surface area contributed by atoms with Gasteiger partial charge in [0, 0.05) is 0 Å². The zero-order chi connectivity index (χ0) is 14.0. The van der Waals surface area contributed by atoms with Crippen molar-refractivity contribution in [3.8, 4) is 0 Å². The molecule has 1 aromatic rings. The van der Waals surface area contributed by atoms with Crippen molar-refractivity contribution in [2.24, 2.45) is 5.73 Å². The van der Waals surface area contributed by atoms with E-state index in [2.05, 4.69) is 5.32 Å². The van der Waals surface area contributed by atoms with Crippen LogP contribution in [0.3, 0.4) is 0 Å². The predicted molar refractivity (Wildman–Crippen MR) is 67.4 cm³/mol. The first-order valence-corrected chi connectivity index (χ1v) is 6.05. The molecule has 1 aromatic carbocycles. The van der Waals surface area contributed by atoms with E-state index in [9.17, 15) is 14.0 Å². The Morgan fingerprint density at radius 3 is 2.53 bits per heavy atom. The summed E-state index contributed by atoms with van der Waals surface area (Å²) in [5, 5.41) is 11.2. The SMILES string of the molecule is NC1(C(=O)Nc2cc(C(=O)O)ccc2F)CCCC1. The number of carboxylic acid groups (broad SMARTS) is 1. The molecule has 19 heavy (non-hydrogen) atoms. The molecule has 1 fully saturated rings. The lowest BCUT2D eigenvalue weighted by Crippen LogP contribution is -2.48. The Kier molecular flexibility index (Phi) is 3.53. The lowest BCUT2D eigenvalue weighted by Gasteiger charge is -2.22. The van der Waals surface area contributed by atoms with Gasteiger partial charge in [0.2, 0.25) is 5.91 Å². The highest BCUT2D eigenvalue weighted by Gasteiger charge is 2.37. The van der Waals surface area contributed by atoms with Gasteiger partial charge in [0.1, 0.15) is 5.82 Å². The fourth-order valence-electron chi connectivity index (χ4n) is 2.23. The van der Waals surface area contributed by atoms with Crippen molar-refractivity contribution in [3.05, 3.63) is 29.6 Å². The highest BCUT2D eigenvalue weighted by molar-refractivity contribution is 5.99. The molecule has 1 saturated carbocycles. The normalized spacial score (nSPS) is 17.2. The summed E-state index contributed by atoms with van der Waals surface area (Å²) in [7, 11) is 0. The number of nitrogens with one attached hydrogen (secondary N) is 1. The molecule has 4 N–H and O–H groups in total. The predicted octanol–water partition coefficient (Wildman–Crippen LogP) is 1.73. The maximum atomic E-state index is 13.6. The molecule has 0 aliphatic heterocycles. The van der Waals surface area contributed by atoms with Crippen LogP contribution < -0.4 is 11.1 Å². The second-order valence-corrected chi connectivity index (χ2v) is 4.82. The molecule has 0 spiro atoms. The number of aromatic carboxylic acids is 1. The Morgan fingerprint density at radius 1 is 1.32 bits per heavy atom. The maximum Gasteiger partial charge on any atom is 0.335 e. The Bertz CT molecular complexity index is 525. The lowest BCUT2D eigenvalue weighted by atomic mass is 9.98. The fourth-order valence-corrected chi connectivity index (χ4v) is 2.23. The summed E-state index contributed by atoms with van der Waals surface area (Å²) < 4.78 is 13.6. The van der Waals surface area contributed by atoms with Crippen LogP contribution in [0.25, 0.3) is 0 Å². The molecule has 6 heteroatoms. The number of hydrogen-bond donors (Lipinski definition) is 3. The summed E-state index contributed by atoms with van der Waals surface area (Å²) >= 11 is 0. The average Bonchev–Trinajstić information content (AvgIpc) is 2.80. The van der Waals surface area contributed by atoms with Crippen molar-refractivity contribution in [1.82, 2.24) is 0 Å². The molecule has 0 bridgehead atoms. The van der Waals surface area contributed by atoms with Gasteiger partial charge in [-0.1, -0.05) is 12.8 Å². The lowest BCUT2D eigenvalue weighted by molar-refractivity contribution is -0.121. The molecule has 0 aromatic heterocycles. The maximum absolute atomic E-state index is 13.6. The van der Waals surface area contributed by atoms with Crippen molar-refractivity contribution in [3.63, 3.8) is 0 Å². The van der Waals surface area contributed by atoms with Gasteiger partial charge in [-0.05, 0) is 31.0 Å². The third-order valence-electron chi connectivity index (χ3n) is 3.41. The monoisotopic (exact) mass is 266 g/mol. The molecular weight excluding hydrogens is 251 g/mol. The number of carbonyl (C=O) groups is 2. The minimum Gasteiger partial charge on any atom is -0.478 e.